The van der Waals surface area contributed by atoms with Crippen molar-refractivity contribution in [1.29, 1.82) is 0 Å². The van der Waals surface area contributed by atoms with Crippen LogP contribution in [0.5, 0.6) is 0 Å². The van der Waals surface area contributed by atoms with Crippen molar-refractivity contribution < 1.29 is 9.53 Å². The van der Waals surface area contributed by atoms with E-state index in [0.717, 1.165) is 24.8 Å². The number of benzene rings is 1. The second kappa shape index (κ2) is 8.44. The Morgan fingerprint density at radius 2 is 2.05 bits per heavy atom. The lowest BCUT2D eigenvalue weighted by molar-refractivity contribution is -0.144. The van der Waals surface area contributed by atoms with Gasteiger partial charge in [-0.25, -0.2) is 0 Å². The summed E-state index contributed by atoms with van der Waals surface area (Å²) in [5, 5.41) is 1.22. The molecule has 0 heterocycles. The summed E-state index contributed by atoms with van der Waals surface area (Å²) in [6, 6.07) is 5.40. The first-order valence-electron chi connectivity index (χ1n) is 6.69. The van der Waals surface area contributed by atoms with Crippen LogP contribution in [0.1, 0.15) is 51.0 Å². The van der Waals surface area contributed by atoms with Gasteiger partial charge in [0.2, 0.25) is 0 Å². The highest BCUT2D eigenvalue weighted by Crippen LogP contribution is 2.31. The summed E-state index contributed by atoms with van der Waals surface area (Å²) in [6.45, 7) is 4.60. The highest BCUT2D eigenvalue weighted by molar-refractivity contribution is 6.35. The molecule has 0 saturated heterocycles. The van der Waals surface area contributed by atoms with Crippen LogP contribution in [-0.2, 0) is 9.53 Å². The summed E-state index contributed by atoms with van der Waals surface area (Å²) in [6.07, 6.45) is 3.13. The Morgan fingerprint density at radius 3 is 2.63 bits per heavy atom. The number of carbonyl (C=O) groups excluding carboxylic acids is 1. The Bertz CT molecular complexity index is 419. The SMILES string of the molecule is CCCCOC(=O)CC(CC)c1ccc(Cl)cc1Cl. The number of rotatable bonds is 7. The average Bonchev–Trinajstić information content (AvgIpc) is 2.37. The van der Waals surface area contributed by atoms with E-state index in [4.69, 9.17) is 27.9 Å². The Balaban J connectivity index is 2.64. The van der Waals surface area contributed by atoms with Gasteiger partial charge in [-0.3, -0.25) is 4.79 Å². The Labute approximate surface area is 125 Å². The van der Waals surface area contributed by atoms with Gasteiger partial charge in [-0.2, -0.15) is 0 Å². The molecule has 0 aliphatic rings. The van der Waals surface area contributed by atoms with E-state index in [1.54, 1.807) is 12.1 Å². The molecule has 0 saturated carbocycles. The summed E-state index contributed by atoms with van der Waals surface area (Å²) in [5.74, 6) is -0.0785. The second-order valence-electron chi connectivity index (χ2n) is 4.55. The van der Waals surface area contributed by atoms with Crippen molar-refractivity contribution in [1.82, 2.24) is 0 Å². The maximum Gasteiger partial charge on any atom is 0.306 e. The molecule has 19 heavy (non-hydrogen) atoms. The third-order valence-electron chi connectivity index (χ3n) is 3.07. The normalized spacial score (nSPS) is 12.2. The van der Waals surface area contributed by atoms with E-state index >= 15 is 0 Å². The van der Waals surface area contributed by atoms with Gasteiger partial charge in [0.25, 0.3) is 0 Å². The predicted octanol–water partition coefficient (Wildman–Crippen LogP) is 5.22. The molecule has 0 fully saturated rings. The van der Waals surface area contributed by atoms with Crippen LogP contribution in [0.2, 0.25) is 10.0 Å². The summed E-state index contributed by atoms with van der Waals surface area (Å²) in [7, 11) is 0. The monoisotopic (exact) mass is 302 g/mol. The first-order chi connectivity index (χ1) is 9.08. The zero-order valence-corrected chi connectivity index (χ0v) is 12.9. The Morgan fingerprint density at radius 1 is 1.32 bits per heavy atom. The molecule has 1 aromatic carbocycles. The van der Waals surface area contributed by atoms with E-state index in [1.807, 2.05) is 13.0 Å². The molecule has 106 valence electrons. The number of hydrogen-bond donors (Lipinski definition) is 0. The highest BCUT2D eigenvalue weighted by Gasteiger charge is 2.18. The first kappa shape index (κ1) is 16.3. The van der Waals surface area contributed by atoms with Gasteiger partial charge in [0.15, 0.2) is 0 Å². The van der Waals surface area contributed by atoms with Gasteiger partial charge in [-0.05, 0) is 36.5 Å². The largest absolute Gasteiger partial charge is 0.466 e. The van der Waals surface area contributed by atoms with Gasteiger partial charge in [0.05, 0.1) is 13.0 Å². The topological polar surface area (TPSA) is 26.3 Å². The zero-order chi connectivity index (χ0) is 14.3. The summed E-state index contributed by atoms with van der Waals surface area (Å²) >= 11 is 12.1. The lowest BCUT2D eigenvalue weighted by Gasteiger charge is -2.16. The van der Waals surface area contributed by atoms with E-state index in [0.29, 0.717) is 23.1 Å². The quantitative estimate of drug-likeness (QED) is 0.510. The van der Waals surface area contributed by atoms with Gasteiger partial charge in [0, 0.05) is 10.0 Å². The third-order valence-corrected chi connectivity index (χ3v) is 3.63. The molecule has 1 atom stereocenters. The molecule has 0 aliphatic heterocycles. The zero-order valence-electron chi connectivity index (χ0n) is 11.4. The minimum absolute atomic E-state index is 0.0823. The molecule has 0 amide bonds. The van der Waals surface area contributed by atoms with Crippen molar-refractivity contribution in [2.24, 2.45) is 0 Å². The van der Waals surface area contributed by atoms with E-state index in [2.05, 4.69) is 6.92 Å². The van der Waals surface area contributed by atoms with Gasteiger partial charge in [-0.1, -0.05) is 49.5 Å². The molecule has 2 nitrogen and oxygen atoms in total. The average molecular weight is 303 g/mol. The lowest BCUT2D eigenvalue weighted by atomic mass is 9.93. The molecular formula is C15H20Cl2O2. The number of esters is 1. The van der Waals surface area contributed by atoms with Crippen LogP contribution in [0.4, 0.5) is 0 Å². The lowest BCUT2D eigenvalue weighted by Crippen LogP contribution is -2.11. The standard InChI is InChI=1S/C15H20Cl2O2/c1-3-5-8-19-15(18)9-11(4-2)13-7-6-12(16)10-14(13)17/h6-7,10-11H,3-5,8-9H2,1-2H3. The Kier molecular flexibility index (Phi) is 7.25. The predicted molar refractivity (Wildman–Crippen MR) is 80.0 cm³/mol. The number of hydrogen-bond acceptors (Lipinski definition) is 2. The van der Waals surface area contributed by atoms with Crippen molar-refractivity contribution in [3.05, 3.63) is 33.8 Å². The fourth-order valence-electron chi connectivity index (χ4n) is 1.90. The number of unbranched alkanes of at least 4 members (excludes halogenated alkanes) is 1. The van der Waals surface area contributed by atoms with Crippen molar-refractivity contribution in [2.75, 3.05) is 6.61 Å². The van der Waals surface area contributed by atoms with E-state index in [-0.39, 0.29) is 11.9 Å². The highest BCUT2D eigenvalue weighted by atomic mass is 35.5. The van der Waals surface area contributed by atoms with Gasteiger partial charge in [0.1, 0.15) is 0 Å². The number of halogens is 2. The van der Waals surface area contributed by atoms with E-state index in [9.17, 15) is 4.79 Å². The van der Waals surface area contributed by atoms with E-state index < -0.39 is 0 Å². The number of ether oxygens (including phenoxy) is 1. The van der Waals surface area contributed by atoms with Gasteiger partial charge in [-0.15, -0.1) is 0 Å². The smallest absolute Gasteiger partial charge is 0.306 e. The molecule has 4 heteroatoms. The summed E-state index contributed by atoms with van der Waals surface area (Å²) < 4.78 is 5.19. The fraction of sp³-hybridized carbons (Fsp3) is 0.533. The molecule has 0 aromatic heterocycles. The maximum atomic E-state index is 11.7. The number of carbonyl (C=O) groups is 1. The van der Waals surface area contributed by atoms with Crippen LogP contribution in [0.25, 0.3) is 0 Å². The Hall–Kier alpha value is -0.730. The molecule has 1 unspecified atom stereocenters. The van der Waals surface area contributed by atoms with Crippen LogP contribution in [0.15, 0.2) is 18.2 Å². The molecule has 1 rings (SSSR count). The molecule has 0 radical (unpaired) electrons. The summed E-state index contributed by atoms with van der Waals surface area (Å²) in [5.41, 5.74) is 0.959. The third kappa shape index (κ3) is 5.42. The van der Waals surface area contributed by atoms with Crippen molar-refractivity contribution in [3.8, 4) is 0 Å². The van der Waals surface area contributed by atoms with Crippen LogP contribution in [-0.4, -0.2) is 12.6 Å². The fourth-order valence-corrected chi connectivity index (χ4v) is 2.46. The van der Waals surface area contributed by atoms with E-state index in [1.165, 1.54) is 0 Å². The van der Waals surface area contributed by atoms with Gasteiger partial charge < -0.3 is 4.74 Å². The van der Waals surface area contributed by atoms with Crippen molar-refractivity contribution in [3.63, 3.8) is 0 Å². The first-order valence-corrected chi connectivity index (χ1v) is 7.44. The molecule has 0 N–H and O–H groups in total. The van der Waals surface area contributed by atoms with Crippen LogP contribution in [0.3, 0.4) is 0 Å². The van der Waals surface area contributed by atoms with Gasteiger partial charge >= 0.3 is 5.97 Å². The molecule has 1 aromatic rings. The molecular weight excluding hydrogens is 283 g/mol. The molecule has 0 aliphatic carbocycles. The van der Waals surface area contributed by atoms with Crippen LogP contribution >= 0.6 is 23.2 Å². The minimum Gasteiger partial charge on any atom is -0.466 e. The molecule has 0 bridgehead atoms. The van der Waals surface area contributed by atoms with Crippen molar-refractivity contribution >= 4 is 29.2 Å². The van der Waals surface area contributed by atoms with Crippen molar-refractivity contribution in [2.45, 2.75) is 45.4 Å². The maximum absolute atomic E-state index is 11.7. The summed E-state index contributed by atoms with van der Waals surface area (Å²) in [4.78, 5) is 11.7. The molecule has 0 spiro atoms. The minimum atomic E-state index is -0.161. The second-order valence-corrected chi connectivity index (χ2v) is 5.39. The van der Waals surface area contributed by atoms with Crippen LogP contribution < -0.4 is 0 Å². The van der Waals surface area contributed by atoms with Crippen LogP contribution in [0, 0.1) is 0 Å².